The van der Waals surface area contributed by atoms with Crippen molar-refractivity contribution in [3.05, 3.63) is 58.8 Å². The Bertz CT molecular complexity index is 836. The zero-order valence-electron chi connectivity index (χ0n) is 10.9. The molecule has 0 amide bonds. The van der Waals surface area contributed by atoms with Crippen LogP contribution in [-0.2, 0) is 0 Å². The van der Waals surface area contributed by atoms with E-state index in [0.717, 1.165) is 5.56 Å². The molecule has 3 rings (SSSR count). The molecule has 4 nitrogen and oxygen atoms in total. The number of hydrogen-bond acceptors (Lipinski definition) is 4. The molecule has 1 heterocycles. The highest BCUT2D eigenvalue weighted by molar-refractivity contribution is 5.79. The summed E-state index contributed by atoms with van der Waals surface area (Å²) in [6, 6.07) is 13.9. The van der Waals surface area contributed by atoms with Crippen molar-refractivity contribution in [1.29, 1.82) is 0 Å². The van der Waals surface area contributed by atoms with Crippen LogP contribution in [0.2, 0.25) is 0 Å². The maximum absolute atomic E-state index is 12.1. The standard InChI is InChI=1S/C16H13NO3/c1-19-15-7-6-10(8-12(15)17)16-9-13(18)11-4-2-3-5-14(11)20-16/h2-9H,17H2,1H3. The molecule has 0 aliphatic heterocycles. The van der Waals surface area contributed by atoms with Crippen LogP contribution < -0.4 is 15.9 Å². The molecular weight excluding hydrogens is 254 g/mol. The van der Waals surface area contributed by atoms with E-state index in [0.29, 0.717) is 28.2 Å². The number of rotatable bonds is 2. The van der Waals surface area contributed by atoms with Crippen molar-refractivity contribution in [3.63, 3.8) is 0 Å². The number of para-hydroxylation sites is 1. The molecule has 2 aromatic carbocycles. The molecule has 20 heavy (non-hydrogen) atoms. The Kier molecular flexibility index (Phi) is 2.91. The van der Waals surface area contributed by atoms with Crippen molar-refractivity contribution >= 4 is 16.7 Å². The second-order valence-corrected chi connectivity index (χ2v) is 4.43. The molecule has 3 aromatic rings. The van der Waals surface area contributed by atoms with E-state index in [2.05, 4.69) is 0 Å². The van der Waals surface area contributed by atoms with Gasteiger partial charge in [0, 0.05) is 11.6 Å². The first kappa shape index (κ1) is 12.3. The van der Waals surface area contributed by atoms with E-state index in [9.17, 15) is 4.79 Å². The van der Waals surface area contributed by atoms with E-state index in [1.54, 1.807) is 31.4 Å². The van der Waals surface area contributed by atoms with E-state index in [1.807, 2.05) is 18.2 Å². The van der Waals surface area contributed by atoms with Crippen LogP contribution in [0.4, 0.5) is 5.69 Å². The van der Waals surface area contributed by atoms with Crippen molar-refractivity contribution < 1.29 is 9.15 Å². The van der Waals surface area contributed by atoms with Crippen LogP contribution >= 0.6 is 0 Å². The van der Waals surface area contributed by atoms with Gasteiger partial charge in [0.25, 0.3) is 0 Å². The van der Waals surface area contributed by atoms with E-state index < -0.39 is 0 Å². The molecule has 0 aliphatic rings. The van der Waals surface area contributed by atoms with Gasteiger partial charge >= 0.3 is 0 Å². The summed E-state index contributed by atoms with van der Waals surface area (Å²) in [4.78, 5) is 12.1. The summed E-state index contributed by atoms with van der Waals surface area (Å²) in [6.45, 7) is 0. The number of hydrogen-bond donors (Lipinski definition) is 1. The fourth-order valence-electron chi connectivity index (χ4n) is 2.13. The first-order valence-electron chi connectivity index (χ1n) is 6.16. The number of ether oxygens (including phenoxy) is 1. The lowest BCUT2D eigenvalue weighted by atomic mass is 10.1. The lowest BCUT2D eigenvalue weighted by Crippen LogP contribution is -2.00. The predicted molar refractivity (Wildman–Crippen MR) is 78.9 cm³/mol. The number of methoxy groups -OCH3 is 1. The van der Waals surface area contributed by atoms with E-state index in [4.69, 9.17) is 14.9 Å². The first-order valence-corrected chi connectivity index (χ1v) is 6.16. The molecule has 100 valence electrons. The third kappa shape index (κ3) is 2.01. The van der Waals surface area contributed by atoms with Gasteiger partial charge in [-0.05, 0) is 30.3 Å². The van der Waals surface area contributed by atoms with E-state index in [-0.39, 0.29) is 5.43 Å². The summed E-state index contributed by atoms with van der Waals surface area (Å²) in [5.41, 5.74) is 7.60. The third-order valence-electron chi connectivity index (χ3n) is 3.15. The Morgan fingerprint density at radius 3 is 2.65 bits per heavy atom. The number of nitrogens with two attached hydrogens (primary N) is 1. The number of anilines is 1. The molecule has 1 aromatic heterocycles. The van der Waals surface area contributed by atoms with Gasteiger partial charge in [0.15, 0.2) is 5.43 Å². The van der Waals surface area contributed by atoms with E-state index in [1.165, 1.54) is 6.07 Å². The predicted octanol–water partition coefficient (Wildman–Crippen LogP) is 3.05. The summed E-state index contributed by atoms with van der Waals surface area (Å²) >= 11 is 0. The topological polar surface area (TPSA) is 65.5 Å². The highest BCUT2D eigenvalue weighted by Gasteiger charge is 2.08. The Morgan fingerprint density at radius 1 is 1.10 bits per heavy atom. The summed E-state index contributed by atoms with van der Waals surface area (Å²) in [5, 5.41) is 0.567. The molecule has 0 saturated carbocycles. The minimum atomic E-state index is -0.0729. The van der Waals surface area contributed by atoms with Gasteiger partial charge in [0.1, 0.15) is 17.1 Å². The fourth-order valence-corrected chi connectivity index (χ4v) is 2.13. The van der Waals surface area contributed by atoms with Gasteiger partial charge in [0.05, 0.1) is 18.2 Å². The normalized spacial score (nSPS) is 10.7. The molecular formula is C16H13NO3. The van der Waals surface area contributed by atoms with Crippen LogP contribution in [0.5, 0.6) is 5.75 Å². The lowest BCUT2D eigenvalue weighted by Gasteiger charge is -2.07. The third-order valence-corrected chi connectivity index (χ3v) is 3.15. The Morgan fingerprint density at radius 2 is 1.90 bits per heavy atom. The minimum absolute atomic E-state index is 0.0729. The Labute approximate surface area is 115 Å². The Hall–Kier alpha value is -2.75. The maximum atomic E-state index is 12.1. The van der Waals surface area contributed by atoms with Gasteiger partial charge in [-0.3, -0.25) is 4.79 Å². The molecule has 0 spiro atoms. The number of benzene rings is 2. The van der Waals surface area contributed by atoms with Gasteiger partial charge in [-0.25, -0.2) is 0 Å². The number of nitrogen functional groups attached to an aromatic ring is 1. The van der Waals surface area contributed by atoms with Gasteiger partial charge in [-0.1, -0.05) is 12.1 Å². The largest absolute Gasteiger partial charge is 0.495 e. The quantitative estimate of drug-likeness (QED) is 0.725. The summed E-state index contributed by atoms with van der Waals surface area (Å²) < 4.78 is 10.9. The highest BCUT2D eigenvalue weighted by atomic mass is 16.5. The molecule has 0 atom stereocenters. The SMILES string of the molecule is COc1ccc(-c2cc(=O)c3ccccc3o2)cc1N. The van der Waals surface area contributed by atoms with Gasteiger partial charge in [-0.15, -0.1) is 0 Å². The monoisotopic (exact) mass is 267 g/mol. The van der Waals surface area contributed by atoms with Gasteiger partial charge < -0.3 is 14.9 Å². The highest BCUT2D eigenvalue weighted by Crippen LogP contribution is 2.29. The smallest absolute Gasteiger partial charge is 0.193 e. The van der Waals surface area contributed by atoms with Crippen LogP contribution in [0.1, 0.15) is 0 Å². The molecule has 0 aliphatic carbocycles. The van der Waals surface area contributed by atoms with Crippen LogP contribution in [-0.4, -0.2) is 7.11 Å². The summed E-state index contributed by atoms with van der Waals surface area (Å²) in [7, 11) is 1.56. The van der Waals surface area contributed by atoms with E-state index >= 15 is 0 Å². The van der Waals surface area contributed by atoms with Crippen molar-refractivity contribution in [2.24, 2.45) is 0 Å². The van der Waals surface area contributed by atoms with Gasteiger partial charge in [0.2, 0.25) is 0 Å². The molecule has 4 heteroatoms. The summed E-state index contributed by atoms with van der Waals surface area (Å²) in [6.07, 6.45) is 0. The Balaban J connectivity index is 2.19. The zero-order valence-corrected chi connectivity index (χ0v) is 10.9. The average molecular weight is 267 g/mol. The lowest BCUT2D eigenvalue weighted by molar-refractivity contribution is 0.417. The molecule has 2 N–H and O–H groups in total. The average Bonchev–Trinajstić information content (AvgIpc) is 2.47. The van der Waals surface area contributed by atoms with Crippen LogP contribution in [0.3, 0.4) is 0 Å². The summed E-state index contributed by atoms with van der Waals surface area (Å²) in [5.74, 6) is 1.08. The number of fused-ring (bicyclic) bond motifs is 1. The van der Waals surface area contributed by atoms with Crippen LogP contribution in [0, 0.1) is 0 Å². The molecule has 0 fully saturated rings. The van der Waals surface area contributed by atoms with Crippen molar-refractivity contribution in [2.45, 2.75) is 0 Å². The van der Waals surface area contributed by atoms with Crippen molar-refractivity contribution in [2.75, 3.05) is 12.8 Å². The van der Waals surface area contributed by atoms with Crippen LogP contribution in [0.15, 0.2) is 57.7 Å². The van der Waals surface area contributed by atoms with Gasteiger partial charge in [-0.2, -0.15) is 0 Å². The van der Waals surface area contributed by atoms with Crippen molar-refractivity contribution in [3.8, 4) is 17.1 Å². The molecule has 0 saturated heterocycles. The molecule has 0 bridgehead atoms. The maximum Gasteiger partial charge on any atom is 0.193 e. The second-order valence-electron chi connectivity index (χ2n) is 4.43. The second kappa shape index (κ2) is 4.74. The fraction of sp³-hybridized carbons (Fsp3) is 0.0625. The molecule has 0 radical (unpaired) electrons. The minimum Gasteiger partial charge on any atom is -0.495 e. The molecule has 0 unspecified atom stereocenters. The van der Waals surface area contributed by atoms with Crippen molar-refractivity contribution in [1.82, 2.24) is 0 Å². The zero-order chi connectivity index (χ0) is 14.1. The van der Waals surface area contributed by atoms with Crippen LogP contribution in [0.25, 0.3) is 22.3 Å². The first-order chi connectivity index (χ1) is 9.69.